The molecule has 3 N–H and O–H groups in total. The molecule has 0 aromatic heterocycles. The Hall–Kier alpha value is -0.650. The number of ether oxygens (including phenoxy) is 1. The average Bonchev–Trinajstić information content (AvgIpc) is 2.38. The van der Waals surface area contributed by atoms with Crippen LogP contribution >= 0.6 is 0 Å². The smallest absolute Gasteiger partial charge is 0.243 e. The van der Waals surface area contributed by atoms with Crippen molar-refractivity contribution in [2.45, 2.75) is 43.7 Å². The molecule has 1 saturated heterocycles. The third-order valence-electron chi connectivity index (χ3n) is 3.87. The number of carbonyl (C=O) groups is 1. The normalized spacial score (nSPS) is 29.1. The van der Waals surface area contributed by atoms with Gasteiger partial charge in [0.2, 0.25) is 5.91 Å². The van der Waals surface area contributed by atoms with E-state index in [1.165, 1.54) is 6.42 Å². The fourth-order valence-electron chi connectivity index (χ4n) is 2.76. The Morgan fingerprint density at radius 3 is 2.76 bits per heavy atom. The van der Waals surface area contributed by atoms with E-state index < -0.39 is 5.54 Å². The molecule has 2 fully saturated rings. The Morgan fingerprint density at radius 1 is 1.41 bits per heavy atom. The second kappa shape index (κ2) is 5.33. The number of nitrogens with zero attached hydrogens (tertiary/aromatic N) is 1. The summed E-state index contributed by atoms with van der Waals surface area (Å²) < 4.78 is 5.28. The van der Waals surface area contributed by atoms with E-state index in [1.54, 1.807) is 4.90 Å². The van der Waals surface area contributed by atoms with Gasteiger partial charge in [-0.25, -0.2) is 0 Å². The maximum atomic E-state index is 12.5. The zero-order chi connectivity index (χ0) is 12.3. The highest BCUT2D eigenvalue weighted by Crippen LogP contribution is 2.28. The molecule has 2 rings (SSSR count). The minimum absolute atomic E-state index is 0.000417. The molecule has 98 valence electrons. The standard InChI is InChI=1S/C12H22N2O3/c13-12(4-2-1-3-5-12)11(16)14-6-7-17-9-10(14)8-15/h10,15H,1-9,13H2. The molecule has 1 atom stereocenters. The molecule has 0 spiro atoms. The molecule has 5 heteroatoms. The molecule has 0 bridgehead atoms. The van der Waals surface area contributed by atoms with E-state index >= 15 is 0 Å². The van der Waals surface area contributed by atoms with E-state index in [1.807, 2.05) is 0 Å². The molecule has 1 aliphatic heterocycles. The van der Waals surface area contributed by atoms with E-state index in [-0.39, 0.29) is 18.6 Å². The van der Waals surface area contributed by atoms with Crippen molar-refractivity contribution in [2.75, 3.05) is 26.4 Å². The lowest BCUT2D eigenvalue weighted by Gasteiger charge is -2.41. The van der Waals surface area contributed by atoms with Gasteiger partial charge in [-0.1, -0.05) is 19.3 Å². The second-order valence-corrected chi connectivity index (χ2v) is 5.13. The summed E-state index contributed by atoms with van der Waals surface area (Å²) in [5.41, 5.74) is 5.53. The van der Waals surface area contributed by atoms with Crippen LogP contribution < -0.4 is 5.73 Å². The Balaban J connectivity index is 2.06. The lowest BCUT2D eigenvalue weighted by Crippen LogP contribution is -2.61. The van der Waals surface area contributed by atoms with Crippen LogP contribution in [0.4, 0.5) is 0 Å². The number of rotatable bonds is 2. The first-order valence-corrected chi connectivity index (χ1v) is 6.46. The third kappa shape index (κ3) is 2.61. The first kappa shape index (κ1) is 12.8. The van der Waals surface area contributed by atoms with Crippen LogP contribution in [0.15, 0.2) is 0 Å². The van der Waals surface area contributed by atoms with Gasteiger partial charge < -0.3 is 20.5 Å². The Kier molecular flexibility index (Phi) is 4.01. The molecule has 0 aromatic carbocycles. The topological polar surface area (TPSA) is 75.8 Å². The summed E-state index contributed by atoms with van der Waals surface area (Å²) in [5, 5.41) is 9.28. The van der Waals surface area contributed by atoms with Crippen molar-refractivity contribution in [2.24, 2.45) is 5.73 Å². The SMILES string of the molecule is NC1(C(=O)N2CCOCC2CO)CCCCC1. The van der Waals surface area contributed by atoms with Crippen molar-refractivity contribution in [1.29, 1.82) is 0 Å². The van der Waals surface area contributed by atoms with Crippen LogP contribution in [0.5, 0.6) is 0 Å². The van der Waals surface area contributed by atoms with Gasteiger partial charge in [0, 0.05) is 6.54 Å². The van der Waals surface area contributed by atoms with Gasteiger partial charge >= 0.3 is 0 Å². The molecule has 2 aliphatic rings. The van der Waals surface area contributed by atoms with Crippen LogP contribution in [-0.4, -0.2) is 53.9 Å². The van der Waals surface area contributed by atoms with Crippen LogP contribution in [0.25, 0.3) is 0 Å². The predicted molar refractivity (Wildman–Crippen MR) is 63.4 cm³/mol. The third-order valence-corrected chi connectivity index (χ3v) is 3.87. The van der Waals surface area contributed by atoms with Crippen molar-refractivity contribution < 1.29 is 14.6 Å². The highest BCUT2D eigenvalue weighted by molar-refractivity contribution is 5.86. The van der Waals surface area contributed by atoms with Crippen LogP contribution in [0.2, 0.25) is 0 Å². The fourth-order valence-corrected chi connectivity index (χ4v) is 2.76. The van der Waals surface area contributed by atoms with Crippen LogP contribution in [0, 0.1) is 0 Å². The van der Waals surface area contributed by atoms with E-state index in [0.717, 1.165) is 25.7 Å². The van der Waals surface area contributed by atoms with Gasteiger partial charge in [-0.2, -0.15) is 0 Å². The Labute approximate surface area is 102 Å². The summed E-state index contributed by atoms with van der Waals surface area (Å²) in [6.07, 6.45) is 4.74. The van der Waals surface area contributed by atoms with Gasteiger partial charge in [0.1, 0.15) is 0 Å². The lowest BCUT2D eigenvalue weighted by atomic mass is 9.81. The molecule has 1 amide bonds. The van der Waals surface area contributed by atoms with Gasteiger partial charge in [0.25, 0.3) is 0 Å². The van der Waals surface area contributed by atoms with Gasteiger partial charge in [-0.05, 0) is 12.8 Å². The van der Waals surface area contributed by atoms with Crippen molar-refractivity contribution in [3.8, 4) is 0 Å². The molecular formula is C12H22N2O3. The van der Waals surface area contributed by atoms with Gasteiger partial charge in [0.05, 0.1) is 31.4 Å². The first-order valence-electron chi connectivity index (χ1n) is 6.46. The van der Waals surface area contributed by atoms with Crippen molar-refractivity contribution in [1.82, 2.24) is 4.90 Å². The quantitative estimate of drug-likeness (QED) is 0.707. The number of amides is 1. The summed E-state index contributed by atoms with van der Waals surface area (Å²) >= 11 is 0. The van der Waals surface area contributed by atoms with Crippen LogP contribution in [-0.2, 0) is 9.53 Å². The minimum atomic E-state index is -0.705. The average molecular weight is 242 g/mol. The monoisotopic (exact) mass is 242 g/mol. The van der Waals surface area contributed by atoms with E-state index in [4.69, 9.17) is 10.5 Å². The summed E-state index contributed by atoms with van der Waals surface area (Å²) in [4.78, 5) is 14.2. The van der Waals surface area contributed by atoms with Crippen molar-refractivity contribution >= 4 is 5.91 Å². The largest absolute Gasteiger partial charge is 0.394 e. The molecule has 1 saturated carbocycles. The maximum absolute atomic E-state index is 12.5. The zero-order valence-electron chi connectivity index (χ0n) is 10.2. The maximum Gasteiger partial charge on any atom is 0.243 e. The van der Waals surface area contributed by atoms with Crippen LogP contribution in [0.1, 0.15) is 32.1 Å². The number of hydrogen-bond donors (Lipinski definition) is 2. The molecular weight excluding hydrogens is 220 g/mol. The predicted octanol–water partition coefficient (Wildman–Crippen LogP) is -0.132. The molecule has 17 heavy (non-hydrogen) atoms. The summed E-state index contributed by atoms with van der Waals surface area (Å²) in [5.74, 6) is -0.000417. The van der Waals surface area contributed by atoms with Crippen molar-refractivity contribution in [3.63, 3.8) is 0 Å². The number of morpholine rings is 1. The first-order chi connectivity index (χ1) is 8.17. The number of hydrogen-bond acceptors (Lipinski definition) is 4. The highest BCUT2D eigenvalue weighted by atomic mass is 16.5. The summed E-state index contributed by atoms with van der Waals surface area (Å²) in [6, 6.07) is -0.224. The molecule has 1 aliphatic carbocycles. The van der Waals surface area contributed by atoms with E-state index in [9.17, 15) is 9.90 Å². The van der Waals surface area contributed by atoms with Gasteiger partial charge in [-0.15, -0.1) is 0 Å². The summed E-state index contributed by atoms with van der Waals surface area (Å²) in [7, 11) is 0. The zero-order valence-corrected chi connectivity index (χ0v) is 10.2. The minimum Gasteiger partial charge on any atom is -0.394 e. The molecule has 0 aromatic rings. The van der Waals surface area contributed by atoms with E-state index in [0.29, 0.717) is 19.8 Å². The molecule has 1 unspecified atom stereocenters. The second-order valence-electron chi connectivity index (χ2n) is 5.13. The van der Waals surface area contributed by atoms with E-state index in [2.05, 4.69) is 0 Å². The fraction of sp³-hybridized carbons (Fsp3) is 0.917. The van der Waals surface area contributed by atoms with Crippen LogP contribution in [0.3, 0.4) is 0 Å². The number of aliphatic hydroxyl groups is 1. The number of aliphatic hydroxyl groups excluding tert-OH is 1. The Morgan fingerprint density at radius 2 is 2.12 bits per heavy atom. The molecule has 1 heterocycles. The van der Waals surface area contributed by atoms with Crippen molar-refractivity contribution in [3.05, 3.63) is 0 Å². The Bertz CT molecular complexity index is 277. The summed E-state index contributed by atoms with van der Waals surface area (Å²) in [6.45, 7) is 1.45. The molecule has 0 radical (unpaired) electrons. The number of nitrogens with two attached hydrogens (primary N) is 1. The highest BCUT2D eigenvalue weighted by Gasteiger charge is 2.41. The molecule has 5 nitrogen and oxygen atoms in total. The lowest BCUT2D eigenvalue weighted by molar-refractivity contribution is -0.148. The van der Waals surface area contributed by atoms with Gasteiger partial charge in [0.15, 0.2) is 0 Å². The van der Waals surface area contributed by atoms with Gasteiger partial charge in [-0.3, -0.25) is 4.79 Å². The number of carbonyl (C=O) groups excluding carboxylic acids is 1.